The van der Waals surface area contributed by atoms with E-state index in [0.29, 0.717) is 12.2 Å². The molecule has 0 unspecified atom stereocenters. The SMILES string of the molecule is CC(=O)N(CC(=O)N(Cc1ccccc1)c1ccccc1)c1ccc(F)c(F)c1. The maximum atomic E-state index is 13.6. The number of amides is 2. The lowest BCUT2D eigenvalue weighted by Crippen LogP contribution is -2.42. The number of halogens is 2. The second kappa shape index (κ2) is 9.10. The van der Waals surface area contributed by atoms with Crippen molar-refractivity contribution < 1.29 is 18.4 Å². The van der Waals surface area contributed by atoms with Crippen molar-refractivity contribution in [2.75, 3.05) is 16.3 Å². The minimum atomic E-state index is -1.08. The zero-order valence-corrected chi connectivity index (χ0v) is 15.9. The van der Waals surface area contributed by atoms with Crippen molar-refractivity contribution in [3.8, 4) is 0 Å². The van der Waals surface area contributed by atoms with Crippen molar-refractivity contribution in [2.45, 2.75) is 13.5 Å². The van der Waals surface area contributed by atoms with Gasteiger partial charge in [-0.1, -0.05) is 48.5 Å². The van der Waals surface area contributed by atoms with Gasteiger partial charge in [-0.15, -0.1) is 0 Å². The lowest BCUT2D eigenvalue weighted by molar-refractivity contribution is -0.121. The molecular formula is C23H20F2N2O2. The van der Waals surface area contributed by atoms with Crippen molar-refractivity contribution in [1.29, 1.82) is 0 Å². The third-order valence-corrected chi connectivity index (χ3v) is 4.44. The first kappa shape index (κ1) is 20.2. The molecule has 3 aromatic rings. The fraction of sp³-hybridized carbons (Fsp3) is 0.130. The summed E-state index contributed by atoms with van der Waals surface area (Å²) in [7, 11) is 0. The van der Waals surface area contributed by atoms with E-state index in [1.807, 2.05) is 48.5 Å². The third kappa shape index (κ3) is 5.04. The van der Waals surface area contributed by atoms with Crippen LogP contribution in [0.5, 0.6) is 0 Å². The van der Waals surface area contributed by atoms with Gasteiger partial charge >= 0.3 is 0 Å². The number of carbonyl (C=O) groups is 2. The number of hydrogen-bond acceptors (Lipinski definition) is 2. The highest BCUT2D eigenvalue weighted by atomic mass is 19.2. The fourth-order valence-electron chi connectivity index (χ4n) is 2.96. The molecule has 0 aliphatic carbocycles. The van der Waals surface area contributed by atoms with Gasteiger partial charge in [-0.2, -0.15) is 0 Å². The Balaban J connectivity index is 1.89. The van der Waals surface area contributed by atoms with Gasteiger partial charge in [0.2, 0.25) is 11.8 Å². The number of hydrogen-bond donors (Lipinski definition) is 0. The largest absolute Gasteiger partial charge is 0.306 e. The van der Waals surface area contributed by atoms with Crippen molar-refractivity contribution in [1.82, 2.24) is 0 Å². The summed E-state index contributed by atoms with van der Waals surface area (Å²) in [5, 5.41) is 0. The van der Waals surface area contributed by atoms with E-state index in [9.17, 15) is 18.4 Å². The Morgan fingerprint density at radius 1 is 0.759 bits per heavy atom. The number of para-hydroxylation sites is 1. The molecule has 0 heterocycles. The topological polar surface area (TPSA) is 40.6 Å². The molecule has 0 saturated heterocycles. The summed E-state index contributed by atoms with van der Waals surface area (Å²) in [6.07, 6.45) is 0. The van der Waals surface area contributed by atoms with Crippen LogP contribution in [0.3, 0.4) is 0 Å². The summed E-state index contributed by atoms with van der Waals surface area (Å²) >= 11 is 0. The van der Waals surface area contributed by atoms with Gasteiger partial charge in [-0.25, -0.2) is 8.78 Å². The average molecular weight is 394 g/mol. The Bertz CT molecular complexity index is 994. The van der Waals surface area contributed by atoms with Gasteiger partial charge in [0.05, 0.1) is 6.54 Å². The van der Waals surface area contributed by atoms with E-state index in [1.165, 1.54) is 13.0 Å². The Labute approximate surface area is 168 Å². The second-order valence-electron chi connectivity index (χ2n) is 6.50. The summed E-state index contributed by atoms with van der Waals surface area (Å²) in [5.74, 6) is -2.89. The molecule has 0 spiro atoms. The number of anilines is 2. The second-order valence-corrected chi connectivity index (χ2v) is 6.50. The quantitative estimate of drug-likeness (QED) is 0.615. The average Bonchev–Trinajstić information content (AvgIpc) is 2.73. The van der Waals surface area contributed by atoms with Crippen LogP contribution < -0.4 is 9.80 Å². The summed E-state index contributed by atoms with van der Waals surface area (Å²) < 4.78 is 26.9. The number of benzene rings is 3. The normalized spacial score (nSPS) is 10.4. The van der Waals surface area contributed by atoms with Crippen LogP contribution in [0.25, 0.3) is 0 Å². The number of nitrogens with zero attached hydrogens (tertiary/aromatic N) is 2. The molecule has 6 heteroatoms. The first-order chi connectivity index (χ1) is 14.0. The predicted molar refractivity (Wildman–Crippen MR) is 108 cm³/mol. The molecular weight excluding hydrogens is 374 g/mol. The van der Waals surface area contributed by atoms with Crippen LogP contribution in [-0.2, 0) is 16.1 Å². The van der Waals surface area contributed by atoms with Crippen LogP contribution in [0.15, 0.2) is 78.9 Å². The Morgan fingerprint density at radius 2 is 1.38 bits per heavy atom. The van der Waals surface area contributed by atoms with Crippen LogP contribution in [-0.4, -0.2) is 18.4 Å². The molecule has 0 aliphatic heterocycles. The van der Waals surface area contributed by atoms with Crippen LogP contribution in [0.2, 0.25) is 0 Å². The van der Waals surface area contributed by atoms with Crippen LogP contribution >= 0.6 is 0 Å². The molecule has 2 amide bonds. The molecule has 0 aromatic heterocycles. The smallest absolute Gasteiger partial charge is 0.247 e. The molecule has 0 N–H and O–H groups in total. The zero-order chi connectivity index (χ0) is 20.8. The van der Waals surface area contributed by atoms with Gasteiger partial charge < -0.3 is 9.80 Å². The number of rotatable bonds is 6. The van der Waals surface area contributed by atoms with E-state index in [1.54, 1.807) is 17.0 Å². The number of carbonyl (C=O) groups excluding carboxylic acids is 2. The van der Waals surface area contributed by atoms with Crippen LogP contribution in [0, 0.1) is 11.6 Å². The highest BCUT2D eigenvalue weighted by Gasteiger charge is 2.22. The first-order valence-electron chi connectivity index (χ1n) is 9.08. The van der Waals surface area contributed by atoms with Crippen molar-refractivity contribution in [3.63, 3.8) is 0 Å². The van der Waals surface area contributed by atoms with Gasteiger partial charge in [0.15, 0.2) is 11.6 Å². The summed E-state index contributed by atoms with van der Waals surface area (Å²) in [5.41, 5.74) is 1.72. The fourth-order valence-corrected chi connectivity index (χ4v) is 2.96. The molecule has 3 aromatic carbocycles. The van der Waals surface area contributed by atoms with E-state index in [2.05, 4.69) is 0 Å². The minimum Gasteiger partial charge on any atom is -0.306 e. The third-order valence-electron chi connectivity index (χ3n) is 4.44. The lowest BCUT2D eigenvalue weighted by Gasteiger charge is -2.27. The predicted octanol–water partition coefficient (Wildman–Crippen LogP) is 4.55. The minimum absolute atomic E-state index is 0.123. The van der Waals surface area contributed by atoms with Gasteiger partial charge in [-0.05, 0) is 29.8 Å². The maximum Gasteiger partial charge on any atom is 0.247 e. The summed E-state index contributed by atoms with van der Waals surface area (Å²) in [6.45, 7) is 1.29. The highest BCUT2D eigenvalue weighted by molar-refractivity contribution is 6.02. The molecule has 0 saturated carbocycles. The molecule has 0 fully saturated rings. The molecule has 0 bridgehead atoms. The van der Waals surface area contributed by atoms with Gasteiger partial charge in [0.1, 0.15) is 6.54 Å². The highest BCUT2D eigenvalue weighted by Crippen LogP contribution is 2.21. The van der Waals surface area contributed by atoms with Crippen molar-refractivity contribution in [3.05, 3.63) is 96.1 Å². The van der Waals surface area contributed by atoms with Gasteiger partial charge in [0, 0.05) is 24.4 Å². The van der Waals surface area contributed by atoms with E-state index < -0.39 is 17.5 Å². The first-order valence-corrected chi connectivity index (χ1v) is 9.08. The molecule has 0 radical (unpaired) electrons. The molecule has 4 nitrogen and oxygen atoms in total. The summed E-state index contributed by atoms with van der Waals surface area (Å²) in [4.78, 5) is 28.0. The van der Waals surface area contributed by atoms with Crippen molar-refractivity contribution in [2.24, 2.45) is 0 Å². The zero-order valence-electron chi connectivity index (χ0n) is 15.9. The van der Waals surface area contributed by atoms with Crippen LogP contribution in [0.1, 0.15) is 12.5 Å². The van der Waals surface area contributed by atoms with Crippen LogP contribution in [0.4, 0.5) is 20.2 Å². The standard InChI is InChI=1S/C23H20F2N2O2/c1-17(28)26(20-12-13-21(24)22(25)14-20)16-23(29)27(19-10-6-3-7-11-19)15-18-8-4-2-5-9-18/h2-14H,15-16H2,1H3. The van der Waals surface area contributed by atoms with Crippen molar-refractivity contribution >= 4 is 23.2 Å². The van der Waals surface area contributed by atoms with E-state index in [-0.39, 0.29) is 18.1 Å². The van der Waals surface area contributed by atoms with E-state index in [0.717, 1.165) is 22.6 Å². The Morgan fingerprint density at radius 3 is 1.97 bits per heavy atom. The van der Waals surface area contributed by atoms with Gasteiger partial charge in [0.25, 0.3) is 0 Å². The Hall–Kier alpha value is -3.54. The molecule has 148 valence electrons. The molecule has 0 aliphatic rings. The van der Waals surface area contributed by atoms with E-state index >= 15 is 0 Å². The lowest BCUT2D eigenvalue weighted by atomic mass is 10.2. The van der Waals surface area contributed by atoms with E-state index in [4.69, 9.17) is 0 Å². The maximum absolute atomic E-state index is 13.6. The molecule has 29 heavy (non-hydrogen) atoms. The summed E-state index contributed by atoms with van der Waals surface area (Å²) in [6, 6.07) is 21.7. The Kier molecular flexibility index (Phi) is 6.34. The molecule has 3 rings (SSSR count). The molecule has 0 atom stereocenters. The van der Waals surface area contributed by atoms with Gasteiger partial charge in [-0.3, -0.25) is 9.59 Å². The monoisotopic (exact) mass is 394 g/mol.